The van der Waals surface area contributed by atoms with Crippen molar-refractivity contribution in [1.29, 1.82) is 0 Å². The van der Waals surface area contributed by atoms with Crippen LogP contribution in [0.3, 0.4) is 0 Å². The number of rotatable bonds is 1. The zero-order valence-corrected chi connectivity index (χ0v) is 9.86. The number of para-hydroxylation sites is 1. The number of anilines is 3. The van der Waals surface area contributed by atoms with E-state index in [0.29, 0.717) is 34.9 Å². The Labute approximate surface area is 107 Å². The molecule has 2 heterocycles. The quantitative estimate of drug-likeness (QED) is 0.595. The average molecular weight is 257 g/mol. The van der Waals surface area contributed by atoms with Gasteiger partial charge in [0, 0.05) is 6.54 Å². The Balaban J connectivity index is 2.19. The minimum absolute atomic E-state index is 0.179. The van der Waals surface area contributed by atoms with Crippen molar-refractivity contribution in [2.24, 2.45) is 5.73 Å². The molecular formula is C12H11N5O2. The third-order valence-electron chi connectivity index (χ3n) is 2.99. The maximum absolute atomic E-state index is 11.7. The predicted octanol–water partition coefficient (Wildman–Crippen LogP) is 0.538. The van der Waals surface area contributed by atoms with Crippen LogP contribution in [0.2, 0.25) is 0 Å². The van der Waals surface area contributed by atoms with E-state index in [1.807, 2.05) is 0 Å². The number of hydrogen-bond acceptors (Lipinski definition) is 5. The summed E-state index contributed by atoms with van der Waals surface area (Å²) >= 11 is 0. The Bertz CT molecular complexity index is 722. The maximum Gasteiger partial charge on any atom is 0.250 e. The first-order chi connectivity index (χ1) is 9.16. The zero-order valence-electron chi connectivity index (χ0n) is 9.86. The van der Waals surface area contributed by atoms with Gasteiger partial charge in [-0.1, -0.05) is 6.07 Å². The SMILES string of the molecule is NC(=O)c1cccc2c1Nc1[nH]ncc(=O)c1CN2. The number of nitrogens with zero attached hydrogens (tertiary/aromatic N) is 1. The van der Waals surface area contributed by atoms with Crippen molar-refractivity contribution in [3.05, 3.63) is 45.7 Å². The summed E-state index contributed by atoms with van der Waals surface area (Å²) in [5, 5.41) is 12.6. The lowest BCUT2D eigenvalue weighted by Crippen LogP contribution is -2.15. The molecule has 19 heavy (non-hydrogen) atoms. The van der Waals surface area contributed by atoms with Gasteiger partial charge in [0.25, 0.3) is 5.91 Å². The van der Waals surface area contributed by atoms with E-state index in [1.165, 1.54) is 6.20 Å². The highest BCUT2D eigenvalue weighted by Crippen LogP contribution is 2.32. The summed E-state index contributed by atoms with van der Waals surface area (Å²) in [5.74, 6) is -0.0757. The summed E-state index contributed by atoms with van der Waals surface area (Å²) < 4.78 is 0. The van der Waals surface area contributed by atoms with Crippen molar-refractivity contribution >= 4 is 23.1 Å². The first-order valence-corrected chi connectivity index (χ1v) is 5.67. The van der Waals surface area contributed by atoms with E-state index in [9.17, 15) is 9.59 Å². The molecule has 7 nitrogen and oxygen atoms in total. The fourth-order valence-corrected chi connectivity index (χ4v) is 2.05. The van der Waals surface area contributed by atoms with Gasteiger partial charge in [-0.05, 0) is 12.1 Å². The Morgan fingerprint density at radius 3 is 3.00 bits per heavy atom. The second-order valence-electron chi connectivity index (χ2n) is 4.16. The molecule has 1 aromatic carbocycles. The second kappa shape index (κ2) is 4.13. The van der Waals surface area contributed by atoms with Gasteiger partial charge in [0.15, 0.2) is 0 Å². The van der Waals surface area contributed by atoms with Gasteiger partial charge in [0.2, 0.25) is 5.43 Å². The van der Waals surface area contributed by atoms with Gasteiger partial charge in [0.05, 0.1) is 28.7 Å². The van der Waals surface area contributed by atoms with Gasteiger partial charge < -0.3 is 16.4 Å². The number of carbonyl (C=O) groups excluding carboxylic acids is 1. The largest absolute Gasteiger partial charge is 0.379 e. The van der Waals surface area contributed by atoms with Crippen LogP contribution in [0.1, 0.15) is 15.9 Å². The zero-order chi connectivity index (χ0) is 13.4. The molecule has 0 fully saturated rings. The van der Waals surface area contributed by atoms with E-state index in [-0.39, 0.29) is 5.43 Å². The molecule has 0 saturated carbocycles. The van der Waals surface area contributed by atoms with Gasteiger partial charge in [-0.2, -0.15) is 5.10 Å². The van der Waals surface area contributed by atoms with Crippen molar-refractivity contribution in [1.82, 2.24) is 10.2 Å². The van der Waals surface area contributed by atoms with E-state index >= 15 is 0 Å². The molecular weight excluding hydrogens is 246 g/mol. The molecule has 0 atom stereocenters. The van der Waals surface area contributed by atoms with Gasteiger partial charge >= 0.3 is 0 Å². The standard InChI is InChI=1S/C12H11N5O2/c13-11(19)6-2-1-3-8-10(6)16-12-7(4-14-8)9(18)5-15-17-12/h1-3,5,14H,4H2,(H2,13,19)(H2,16,17,18). The van der Waals surface area contributed by atoms with Gasteiger partial charge in [0.1, 0.15) is 5.82 Å². The predicted molar refractivity (Wildman–Crippen MR) is 70.4 cm³/mol. The van der Waals surface area contributed by atoms with Crippen molar-refractivity contribution in [2.75, 3.05) is 10.6 Å². The minimum Gasteiger partial charge on any atom is -0.379 e. The van der Waals surface area contributed by atoms with Crippen LogP contribution in [-0.2, 0) is 6.54 Å². The molecule has 0 spiro atoms. The lowest BCUT2D eigenvalue weighted by atomic mass is 10.1. The van der Waals surface area contributed by atoms with Gasteiger partial charge in [-0.15, -0.1) is 0 Å². The number of fused-ring (bicyclic) bond motifs is 2. The van der Waals surface area contributed by atoms with Crippen LogP contribution < -0.4 is 21.8 Å². The molecule has 0 unspecified atom stereocenters. The highest BCUT2D eigenvalue weighted by atomic mass is 16.1. The number of H-pyrrole nitrogens is 1. The Morgan fingerprint density at radius 1 is 1.37 bits per heavy atom. The highest BCUT2D eigenvalue weighted by Gasteiger charge is 2.19. The topological polar surface area (TPSA) is 113 Å². The highest BCUT2D eigenvalue weighted by molar-refractivity contribution is 6.02. The van der Waals surface area contributed by atoms with Crippen molar-refractivity contribution in [2.45, 2.75) is 6.54 Å². The number of nitrogens with two attached hydrogens (primary N) is 1. The first-order valence-electron chi connectivity index (χ1n) is 5.67. The number of primary amides is 1. The Hall–Kier alpha value is -2.83. The summed E-state index contributed by atoms with van der Waals surface area (Å²) in [6.07, 6.45) is 1.22. The molecule has 1 aromatic heterocycles. The molecule has 2 aromatic rings. The third-order valence-corrected chi connectivity index (χ3v) is 2.99. The Kier molecular flexibility index (Phi) is 2.45. The summed E-state index contributed by atoms with van der Waals surface area (Å²) in [6.45, 7) is 0.343. The number of carbonyl (C=O) groups is 1. The van der Waals surface area contributed by atoms with Gasteiger partial charge in [-0.3, -0.25) is 14.7 Å². The molecule has 1 aliphatic heterocycles. The van der Waals surface area contributed by atoms with Crippen LogP contribution in [0.15, 0.2) is 29.2 Å². The fourth-order valence-electron chi connectivity index (χ4n) is 2.05. The van der Waals surface area contributed by atoms with E-state index < -0.39 is 5.91 Å². The summed E-state index contributed by atoms with van der Waals surface area (Å²) in [7, 11) is 0. The van der Waals surface area contributed by atoms with Crippen molar-refractivity contribution < 1.29 is 4.79 Å². The monoisotopic (exact) mass is 257 g/mol. The smallest absolute Gasteiger partial charge is 0.250 e. The lowest BCUT2D eigenvalue weighted by Gasteiger charge is -2.11. The molecule has 0 bridgehead atoms. The normalized spacial score (nSPS) is 12.4. The third kappa shape index (κ3) is 1.81. The van der Waals surface area contributed by atoms with Gasteiger partial charge in [-0.25, -0.2) is 0 Å². The maximum atomic E-state index is 11.7. The van der Waals surface area contributed by atoms with Crippen LogP contribution in [-0.4, -0.2) is 16.1 Å². The Morgan fingerprint density at radius 2 is 2.21 bits per heavy atom. The molecule has 5 N–H and O–H groups in total. The number of nitrogens with one attached hydrogen (secondary N) is 3. The fraction of sp³-hybridized carbons (Fsp3) is 0.0833. The minimum atomic E-state index is -0.541. The van der Waals surface area contributed by atoms with Crippen LogP contribution in [0, 0.1) is 0 Å². The van der Waals surface area contributed by atoms with Crippen molar-refractivity contribution in [3.63, 3.8) is 0 Å². The molecule has 0 saturated heterocycles. The number of hydrogen-bond donors (Lipinski definition) is 4. The molecule has 0 aliphatic carbocycles. The van der Waals surface area contributed by atoms with E-state index in [2.05, 4.69) is 20.8 Å². The second-order valence-corrected chi connectivity index (χ2v) is 4.16. The molecule has 1 aliphatic rings. The molecule has 7 heteroatoms. The molecule has 0 radical (unpaired) electrons. The summed E-state index contributed by atoms with van der Waals surface area (Å²) in [6, 6.07) is 5.15. The average Bonchev–Trinajstić information content (AvgIpc) is 2.58. The van der Waals surface area contributed by atoms with Crippen molar-refractivity contribution in [3.8, 4) is 0 Å². The van der Waals surface area contributed by atoms with E-state index in [0.717, 1.165) is 0 Å². The summed E-state index contributed by atoms with van der Waals surface area (Å²) in [5.41, 5.74) is 7.29. The van der Waals surface area contributed by atoms with Crippen LogP contribution >= 0.6 is 0 Å². The van der Waals surface area contributed by atoms with E-state index in [4.69, 9.17) is 5.73 Å². The summed E-state index contributed by atoms with van der Waals surface area (Å²) in [4.78, 5) is 23.2. The van der Waals surface area contributed by atoms with Crippen LogP contribution in [0.5, 0.6) is 0 Å². The number of aromatic nitrogens is 2. The molecule has 96 valence electrons. The molecule has 1 amide bonds. The van der Waals surface area contributed by atoms with E-state index in [1.54, 1.807) is 18.2 Å². The number of benzene rings is 1. The van der Waals surface area contributed by atoms with Crippen LogP contribution in [0.25, 0.3) is 0 Å². The first kappa shape index (κ1) is 11.3. The molecule has 3 rings (SSSR count). The number of amides is 1. The van der Waals surface area contributed by atoms with Crippen LogP contribution in [0.4, 0.5) is 17.2 Å². The lowest BCUT2D eigenvalue weighted by molar-refractivity contribution is 0.100. The number of aromatic amines is 1.